The highest BCUT2D eigenvalue weighted by atomic mass is 16.7. The first-order valence-electron chi connectivity index (χ1n) is 9.38. The van der Waals surface area contributed by atoms with Crippen molar-refractivity contribution in [3.63, 3.8) is 0 Å². The van der Waals surface area contributed by atoms with E-state index in [-0.39, 0.29) is 35.9 Å². The Kier molecular flexibility index (Phi) is 3.67. The van der Waals surface area contributed by atoms with Crippen LogP contribution in [-0.4, -0.2) is 48.6 Å². The quantitative estimate of drug-likeness (QED) is 0.766. The largest absolute Gasteiger partial charge is 0.462 e. The Bertz CT molecular complexity index is 573. The summed E-state index contributed by atoms with van der Waals surface area (Å²) >= 11 is 0. The van der Waals surface area contributed by atoms with Crippen LogP contribution in [0.4, 0.5) is 0 Å². The van der Waals surface area contributed by atoms with Gasteiger partial charge in [-0.15, -0.1) is 0 Å². The number of ether oxygens (including phenoxy) is 4. The number of rotatable bonds is 2. The number of esters is 1. The average molecular weight is 354 g/mol. The van der Waals surface area contributed by atoms with Crippen LogP contribution in [0.25, 0.3) is 0 Å². The molecule has 2 heterocycles. The Balaban J connectivity index is 1.58. The SMILES string of the molecule is CC(C)(C)C(=O)OC[C@@H]1OC(C)(O)[C@@H]2[C@H]3CCC4(OCCO4)[C@H]3[C@]12C. The Morgan fingerprint density at radius 3 is 2.44 bits per heavy atom. The van der Waals surface area contributed by atoms with E-state index in [2.05, 4.69) is 6.92 Å². The van der Waals surface area contributed by atoms with Gasteiger partial charge in [-0.3, -0.25) is 4.79 Å². The highest BCUT2D eigenvalue weighted by Crippen LogP contribution is 2.75. The lowest BCUT2D eigenvalue weighted by atomic mass is 9.45. The minimum atomic E-state index is -1.21. The zero-order valence-electron chi connectivity index (χ0n) is 15.8. The van der Waals surface area contributed by atoms with Crippen LogP contribution in [0.1, 0.15) is 47.5 Å². The minimum absolute atomic E-state index is 0.00973. The van der Waals surface area contributed by atoms with Crippen LogP contribution >= 0.6 is 0 Å². The van der Waals surface area contributed by atoms with Crippen LogP contribution < -0.4 is 0 Å². The molecule has 2 aliphatic heterocycles. The molecule has 6 heteroatoms. The Morgan fingerprint density at radius 2 is 1.84 bits per heavy atom. The fourth-order valence-corrected chi connectivity index (χ4v) is 6.09. The highest BCUT2D eigenvalue weighted by Gasteiger charge is 2.80. The van der Waals surface area contributed by atoms with Crippen molar-refractivity contribution in [2.24, 2.45) is 28.6 Å². The molecule has 2 saturated carbocycles. The van der Waals surface area contributed by atoms with E-state index in [1.54, 1.807) is 6.92 Å². The van der Waals surface area contributed by atoms with Crippen molar-refractivity contribution in [2.75, 3.05) is 19.8 Å². The molecule has 0 bridgehead atoms. The molecular formula is C19H30O6. The first-order valence-corrected chi connectivity index (χ1v) is 9.38. The van der Waals surface area contributed by atoms with Gasteiger partial charge in [0, 0.05) is 23.7 Å². The number of hydrogen-bond acceptors (Lipinski definition) is 6. The molecule has 4 fully saturated rings. The lowest BCUT2D eigenvalue weighted by Gasteiger charge is -2.59. The number of fused-ring (bicyclic) bond motifs is 5. The summed E-state index contributed by atoms with van der Waals surface area (Å²) in [5, 5.41) is 10.9. The van der Waals surface area contributed by atoms with Gasteiger partial charge < -0.3 is 24.1 Å². The predicted octanol–water partition coefficient (Wildman–Crippen LogP) is 2.09. The summed E-state index contributed by atoms with van der Waals surface area (Å²) in [5.41, 5.74) is -0.886. The van der Waals surface area contributed by atoms with Gasteiger partial charge in [-0.25, -0.2) is 0 Å². The Labute approximate surface area is 149 Å². The third kappa shape index (κ3) is 2.27. The van der Waals surface area contributed by atoms with E-state index in [1.807, 2.05) is 20.8 Å². The molecule has 0 aromatic carbocycles. The van der Waals surface area contributed by atoms with Crippen LogP contribution in [0.5, 0.6) is 0 Å². The van der Waals surface area contributed by atoms with Gasteiger partial charge in [-0.2, -0.15) is 0 Å². The fourth-order valence-electron chi connectivity index (χ4n) is 6.09. The van der Waals surface area contributed by atoms with Gasteiger partial charge in [0.15, 0.2) is 11.6 Å². The zero-order chi connectivity index (χ0) is 18.3. The van der Waals surface area contributed by atoms with E-state index < -0.39 is 17.0 Å². The Morgan fingerprint density at radius 1 is 1.20 bits per heavy atom. The molecule has 4 rings (SSSR count). The van der Waals surface area contributed by atoms with E-state index in [4.69, 9.17) is 18.9 Å². The number of carbonyl (C=O) groups excluding carboxylic acids is 1. The Hall–Kier alpha value is -0.690. The van der Waals surface area contributed by atoms with Gasteiger partial charge >= 0.3 is 5.97 Å². The molecular weight excluding hydrogens is 324 g/mol. The third-order valence-corrected chi connectivity index (χ3v) is 6.90. The smallest absolute Gasteiger partial charge is 0.311 e. The normalized spacial score (nSPS) is 47.4. The molecule has 2 aliphatic carbocycles. The maximum absolute atomic E-state index is 12.2. The second-order valence-electron chi connectivity index (χ2n) is 9.54. The summed E-state index contributed by atoms with van der Waals surface area (Å²) in [6.45, 7) is 10.7. The molecule has 6 nitrogen and oxygen atoms in total. The van der Waals surface area contributed by atoms with Gasteiger partial charge in [0.1, 0.15) is 12.7 Å². The fraction of sp³-hybridized carbons (Fsp3) is 0.947. The summed E-state index contributed by atoms with van der Waals surface area (Å²) in [5.74, 6) is -1.52. The predicted molar refractivity (Wildman–Crippen MR) is 88.4 cm³/mol. The lowest BCUT2D eigenvalue weighted by Crippen LogP contribution is -2.65. The lowest BCUT2D eigenvalue weighted by molar-refractivity contribution is -0.277. The topological polar surface area (TPSA) is 74.2 Å². The van der Waals surface area contributed by atoms with Gasteiger partial charge in [0.25, 0.3) is 0 Å². The van der Waals surface area contributed by atoms with Crippen LogP contribution in [0.2, 0.25) is 0 Å². The summed E-state index contributed by atoms with van der Waals surface area (Å²) in [6.07, 6.45) is 1.47. The van der Waals surface area contributed by atoms with Gasteiger partial charge in [0.2, 0.25) is 0 Å². The standard InChI is InChI=1S/C19H30O6/c1-16(2,3)15(20)22-10-12-17(4)13(18(5,21)25-12)11-6-7-19(14(11)17)23-8-9-24-19/h11-14,21H,6-10H2,1-5H3/t11-,12+,13-,14-,17-,18?/m1/s1. The zero-order valence-corrected chi connectivity index (χ0v) is 15.8. The summed E-state index contributed by atoms with van der Waals surface area (Å²) in [7, 11) is 0. The molecule has 0 amide bonds. The summed E-state index contributed by atoms with van der Waals surface area (Å²) in [6, 6.07) is 0. The number of carbonyl (C=O) groups is 1. The van der Waals surface area contributed by atoms with Crippen molar-refractivity contribution in [1.29, 1.82) is 0 Å². The van der Waals surface area contributed by atoms with Crippen molar-refractivity contribution >= 4 is 5.97 Å². The molecule has 1 spiro atoms. The van der Waals surface area contributed by atoms with Crippen molar-refractivity contribution < 1.29 is 28.8 Å². The van der Waals surface area contributed by atoms with Crippen LogP contribution in [0.3, 0.4) is 0 Å². The molecule has 0 aromatic heterocycles. The van der Waals surface area contributed by atoms with Gasteiger partial charge in [-0.1, -0.05) is 6.92 Å². The second kappa shape index (κ2) is 5.18. The third-order valence-electron chi connectivity index (χ3n) is 6.90. The van der Waals surface area contributed by atoms with Crippen molar-refractivity contribution in [2.45, 2.75) is 65.1 Å². The molecule has 0 radical (unpaired) electrons. The van der Waals surface area contributed by atoms with E-state index in [0.29, 0.717) is 19.1 Å². The number of hydrogen-bond donors (Lipinski definition) is 1. The van der Waals surface area contributed by atoms with Crippen molar-refractivity contribution in [1.82, 2.24) is 0 Å². The van der Waals surface area contributed by atoms with E-state index >= 15 is 0 Å². The van der Waals surface area contributed by atoms with Gasteiger partial charge in [-0.05, 0) is 40.0 Å². The molecule has 25 heavy (non-hydrogen) atoms. The van der Waals surface area contributed by atoms with Crippen molar-refractivity contribution in [3.8, 4) is 0 Å². The molecule has 1 unspecified atom stereocenters. The molecule has 0 aromatic rings. The van der Waals surface area contributed by atoms with Crippen LogP contribution in [0.15, 0.2) is 0 Å². The number of aliphatic hydroxyl groups is 1. The molecule has 1 N–H and O–H groups in total. The van der Waals surface area contributed by atoms with Crippen molar-refractivity contribution in [3.05, 3.63) is 0 Å². The first kappa shape index (κ1) is 17.7. The van der Waals surface area contributed by atoms with E-state index in [0.717, 1.165) is 12.8 Å². The maximum atomic E-state index is 12.2. The summed E-state index contributed by atoms with van der Waals surface area (Å²) < 4.78 is 23.6. The van der Waals surface area contributed by atoms with Gasteiger partial charge in [0.05, 0.1) is 18.6 Å². The molecule has 4 aliphatic rings. The van der Waals surface area contributed by atoms with E-state index in [1.165, 1.54) is 0 Å². The molecule has 142 valence electrons. The molecule has 2 saturated heterocycles. The van der Waals surface area contributed by atoms with Crippen LogP contribution in [-0.2, 0) is 23.7 Å². The minimum Gasteiger partial charge on any atom is -0.462 e. The second-order valence-corrected chi connectivity index (χ2v) is 9.54. The van der Waals surface area contributed by atoms with E-state index in [9.17, 15) is 9.90 Å². The maximum Gasteiger partial charge on any atom is 0.311 e. The highest BCUT2D eigenvalue weighted by molar-refractivity contribution is 5.75. The molecule has 6 atom stereocenters. The summed E-state index contributed by atoms with van der Waals surface area (Å²) in [4.78, 5) is 12.2. The first-order chi connectivity index (χ1) is 11.5. The monoisotopic (exact) mass is 354 g/mol. The van der Waals surface area contributed by atoms with Crippen LogP contribution in [0, 0.1) is 28.6 Å². The average Bonchev–Trinajstić information content (AvgIpc) is 3.10.